The fourth-order valence-corrected chi connectivity index (χ4v) is 2.98. The highest BCUT2D eigenvalue weighted by molar-refractivity contribution is 6.07. The summed E-state index contributed by atoms with van der Waals surface area (Å²) in [4.78, 5) is 36.6. The number of hydrogen-bond acceptors (Lipinski definition) is 6. The molecule has 4 aromatic rings. The molecule has 7 nitrogen and oxygen atoms in total. The van der Waals surface area contributed by atoms with E-state index in [9.17, 15) is 19.5 Å². The molecule has 0 aliphatic heterocycles. The van der Waals surface area contributed by atoms with E-state index in [1.807, 2.05) is 12.1 Å². The summed E-state index contributed by atoms with van der Waals surface area (Å²) in [5.74, 6) is -0.834. The minimum atomic E-state index is -0.702. The van der Waals surface area contributed by atoms with Crippen molar-refractivity contribution in [3.8, 4) is 5.75 Å². The maximum Gasteiger partial charge on any atom is 0.259 e. The number of phenols is 1. The van der Waals surface area contributed by atoms with Crippen molar-refractivity contribution in [2.24, 2.45) is 0 Å². The fourth-order valence-electron chi connectivity index (χ4n) is 2.98. The normalized spacial score (nSPS) is 10.5. The monoisotopic (exact) mass is 399 g/mol. The molecule has 4 rings (SSSR count). The minimum Gasteiger partial charge on any atom is -0.505 e. The van der Waals surface area contributed by atoms with Crippen LogP contribution in [0.25, 0.3) is 0 Å². The third kappa shape index (κ3) is 3.64. The van der Waals surface area contributed by atoms with Crippen LogP contribution in [0.4, 0.5) is 28.4 Å². The minimum absolute atomic E-state index is 0.0276. The zero-order valence-electron chi connectivity index (χ0n) is 15.7. The molecule has 0 radical (unpaired) electrons. The quantitative estimate of drug-likeness (QED) is 0.291. The first-order chi connectivity index (χ1) is 14.5. The number of anilines is 5. The molecule has 0 unspecified atom stereocenters. The lowest BCUT2D eigenvalue weighted by Crippen LogP contribution is -2.35. The van der Waals surface area contributed by atoms with Gasteiger partial charge in [0, 0.05) is 11.4 Å². The lowest BCUT2D eigenvalue weighted by Gasteiger charge is -2.16. The van der Waals surface area contributed by atoms with E-state index in [4.69, 9.17) is 0 Å². The second-order valence-corrected chi connectivity index (χ2v) is 6.55. The third-order valence-corrected chi connectivity index (χ3v) is 4.53. The first-order valence-corrected chi connectivity index (χ1v) is 9.15. The highest BCUT2D eigenvalue weighted by Gasteiger charge is 2.23. The highest BCUT2D eigenvalue weighted by Crippen LogP contribution is 2.32. The molecule has 0 bridgehead atoms. The molecule has 0 spiro atoms. The summed E-state index contributed by atoms with van der Waals surface area (Å²) in [6.07, 6.45) is 0. The predicted molar refractivity (Wildman–Crippen MR) is 117 cm³/mol. The molecule has 7 heteroatoms. The van der Waals surface area contributed by atoms with Gasteiger partial charge in [-0.2, -0.15) is 0 Å². The summed E-state index contributed by atoms with van der Waals surface area (Å²) >= 11 is 0. The molecular formula is C23H17N3O4. The van der Waals surface area contributed by atoms with E-state index in [1.165, 1.54) is 12.1 Å². The average molecular weight is 399 g/mol. The van der Waals surface area contributed by atoms with Crippen LogP contribution >= 0.6 is 0 Å². The molecule has 0 atom stereocenters. The number of carbonyl (C=O) groups excluding carboxylic acids is 1. The van der Waals surface area contributed by atoms with Crippen LogP contribution in [-0.2, 0) is 0 Å². The van der Waals surface area contributed by atoms with Crippen molar-refractivity contribution >= 4 is 34.3 Å². The van der Waals surface area contributed by atoms with E-state index in [0.29, 0.717) is 11.4 Å². The van der Waals surface area contributed by atoms with Gasteiger partial charge in [-0.3, -0.25) is 14.4 Å². The van der Waals surface area contributed by atoms with Gasteiger partial charge in [0.05, 0.1) is 11.3 Å². The fraction of sp³-hybridized carbons (Fsp3) is 0. The maximum absolute atomic E-state index is 12.5. The summed E-state index contributed by atoms with van der Waals surface area (Å²) in [6, 6.07) is 22.3. The van der Waals surface area contributed by atoms with Gasteiger partial charge >= 0.3 is 0 Å². The number of carbonyl (C=O) groups is 1. The van der Waals surface area contributed by atoms with E-state index in [-0.39, 0.29) is 28.4 Å². The molecule has 148 valence electrons. The van der Waals surface area contributed by atoms with Crippen molar-refractivity contribution in [1.82, 2.24) is 0 Å². The Labute approximate surface area is 171 Å². The molecule has 0 saturated heterocycles. The number of rotatable bonds is 6. The van der Waals surface area contributed by atoms with Crippen molar-refractivity contribution in [3.05, 3.63) is 105 Å². The average Bonchev–Trinajstić information content (AvgIpc) is 2.78. The summed E-state index contributed by atoms with van der Waals surface area (Å²) in [5, 5.41) is 18.9. The Morgan fingerprint density at radius 3 is 1.87 bits per heavy atom. The lowest BCUT2D eigenvalue weighted by atomic mass is 10.1. The Morgan fingerprint density at radius 2 is 1.23 bits per heavy atom. The van der Waals surface area contributed by atoms with E-state index in [2.05, 4.69) is 16.0 Å². The smallest absolute Gasteiger partial charge is 0.259 e. The second kappa shape index (κ2) is 7.92. The van der Waals surface area contributed by atoms with Gasteiger partial charge in [0.25, 0.3) is 16.8 Å². The number of para-hydroxylation sites is 3. The molecular weight excluding hydrogens is 382 g/mol. The van der Waals surface area contributed by atoms with Gasteiger partial charge in [-0.15, -0.1) is 0 Å². The zero-order valence-corrected chi connectivity index (χ0v) is 15.7. The number of aromatic hydroxyl groups is 1. The first-order valence-electron chi connectivity index (χ1n) is 9.15. The standard InChI is InChI=1S/C23H17N3O4/c27-20-16(23(30)25-15-10-5-2-6-11-15)12-7-13-17(20)26-19-18(21(28)22(19)29)24-14-8-3-1-4-9-14/h1-13,24,26-27H,(H,25,30). The molecule has 0 saturated carbocycles. The highest BCUT2D eigenvalue weighted by atomic mass is 16.3. The summed E-state index contributed by atoms with van der Waals surface area (Å²) in [5.41, 5.74) is 0.166. The number of phenolic OH excluding ortho intramolecular Hbond substituents is 1. The Bertz CT molecular complexity index is 1280. The SMILES string of the molecule is O=C(Nc1ccccc1)c1cccc(Nc2c(Nc3ccccc3)c(=O)c2=O)c1O. The van der Waals surface area contributed by atoms with Crippen LogP contribution in [0.5, 0.6) is 5.75 Å². The molecule has 1 amide bonds. The number of nitrogens with one attached hydrogen (secondary N) is 3. The molecule has 0 aliphatic carbocycles. The second-order valence-electron chi connectivity index (χ2n) is 6.55. The molecule has 0 fully saturated rings. The van der Waals surface area contributed by atoms with Crippen LogP contribution in [0.2, 0.25) is 0 Å². The molecule has 0 aromatic heterocycles. The third-order valence-electron chi connectivity index (χ3n) is 4.53. The Morgan fingerprint density at radius 1 is 0.667 bits per heavy atom. The van der Waals surface area contributed by atoms with Crippen molar-refractivity contribution in [1.29, 1.82) is 0 Å². The molecule has 4 aromatic carbocycles. The Kier molecular flexibility index (Phi) is 5.00. The van der Waals surface area contributed by atoms with E-state index in [0.717, 1.165) is 0 Å². The number of benzene rings is 3. The van der Waals surface area contributed by atoms with Crippen LogP contribution in [0, 0.1) is 0 Å². The van der Waals surface area contributed by atoms with Gasteiger partial charge in [-0.25, -0.2) is 0 Å². The van der Waals surface area contributed by atoms with Gasteiger partial charge in [-0.05, 0) is 36.4 Å². The maximum atomic E-state index is 12.5. The lowest BCUT2D eigenvalue weighted by molar-refractivity contribution is 0.102. The Hall–Kier alpha value is -4.39. The van der Waals surface area contributed by atoms with Crippen molar-refractivity contribution in [3.63, 3.8) is 0 Å². The van der Waals surface area contributed by atoms with Crippen molar-refractivity contribution in [2.45, 2.75) is 0 Å². The van der Waals surface area contributed by atoms with Crippen molar-refractivity contribution in [2.75, 3.05) is 16.0 Å². The van der Waals surface area contributed by atoms with Gasteiger partial charge in [-0.1, -0.05) is 42.5 Å². The van der Waals surface area contributed by atoms with Crippen LogP contribution in [0.3, 0.4) is 0 Å². The van der Waals surface area contributed by atoms with Gasteiger partial charge in [0.15, 0.2) is 5.75 Å². The molecule has 30 heavy (non-hydrogen) atoms. The number of amides is 1. The van der Waals surface area contributed by atoms with E-state index >= 15 is 0 Å². The van der Waals surface area contributed by atoms with Crippen LogP contribution in [0.1, 0.15) is 10.4 Å². The predicted octanol–water partition coefficient (Wildman–Crippen LogP) is 3.73. The van der Waals surface area contributed by atoms with Crippen LogP contribution < -0.4 is 26.8 Å². The van der Waals surface area contributed by atoms with Crippen LogP contribution in [-0.4, -0.2) is 11.0 Å². The summed E-state index contributed by atoms with van der Waals surface area (Å²) in [7, 11) is 0. The molecule has 0 heterocycles. The largest absolute Gasteiger partial charge is 0.505 e. The first kappa shape index (κ1) is 18.9. The molecule has 4 N–H and O–H groups in total. The topological polar surface area (TPSA) is 108 Å². The summed E-state index contributed by atoms with van der Waals surface area (Å²) < 4.78 is 0. The number of hydrogen-bond donors (Lipinski definition) is 4. The molecule has 0 aliphatic rings. The van der Waals surface area contributed by atoms with Crippen molar-refractivity contribution < 1.29 is 9.90 Å². The van der Waals surface area contributed by atoms with Gasteiger partial charge in [0.2, 0.25) is 0 Å². The van der Waals surface area contributed by atoms with Crippen LogP contribution in [0.15, 0.2) is 88.5 Å². The summed E-state index contributed by atoms with van der Waals surface area (Å²) in [6.45, 7) is 0. The van der Waals surface area contributed by atoms with E-state index in [1.54, 1.807) is 54.6 Å². The van der Waals surface area contributed by atoms with Gasteiger partial charge in [0.1, 0.15) is 11.4 Å². The zero-order chi connectivity index (χ0) is 21.1. The van der Waals surface area contributed by atoms with E-state index < -0.39 is 16.8 Å². The Balaban J connectivity index is 1.59. The van der Waals surface area contributed by atoms with Gasteiger partial charge < -0.3 is 21.1 Å².